The van der Waals surface area contributed by atoms with Crippen molar-refractivity contribution in [2.75, 3.05) is 0 Å². The quantitative estimate of drug-likeness (QED) is 0.568. The van der Waals surface area contributed by atoms with E-state index in [1.807, 2.05) is 13.8 Å². The second-order valence-electron chi connectivity index (χ2n) is 4.44. The van der Waals surface area contributed by atoms with Crippen LogP contribution >= 0.6 is 47.2 Å². The summed E-state index contributed by atoms with van der Waals surface area (Å²) in [6, 6.07) is 5.35. The number of benzene rings is 1. The Kier molecular flexibility index (Phi) is 5.13. The number of amides is 1. The first-order chi connectivity index (χ1) is 9.45. The lowest BCUT2D eigenvalue weighted by Gasteiger charge is -2.21. The molecular formula is C14H13Cl2NOS2. The van der Waals surface area contributed by atoms with Gasteiger partial charge in [-0.15, -0.1) is 0 Å². The summed E-state index contributed by atoms with van der Waals surface area (Å²) < 4.78 is 0.582. The number of carbonyl (C=O) groups excluding carboxylic acids is 1. The largest absolute Gasteiger partial charge is 0.290 e. The van der Waals surface area contributed by atoms with E-state index in [0.29, 0.717) is 24.8 Å². The van der Waals surface area contributed by atoms with Crippen LogP contribution < -0.4 is 0 Å². The third-order valence-electron chi connectivity index (χ3n) is 3.13. The Morgan fingerprint density at radius 3 is 2.55 bits per heavy atom. The molecule has 0 saturated carbocycles. The summed E-state index contributed by atoms with van der Waals surface area (Å²) in [5, 5.41) is 1.04. The van der Waals surface area contributed by atoms with Crippen molar-refractivity contribution in [2.45, 2.75) is 26.3 Å². The minimum absolute atomic E-state index is 0.0784. The number of halogens is 2. The molecule has 0 N–H and O–H groups in total. The first-order valence-corrected chi connectivity index (χ1v) is 8.14. The number of hydrogen-bond donors (Lipinski definition) is 0. The molecule has 1 atom stereocenters. The molecule has 0 aromatic heterocycles. The van der Waals surface area contributed by atoms with Crippen molar-refractivity contribution in [1.82, 2.24) is 4.90 Å². The molecule has 1 fully saturated rings. The second-order valence-corrected chi connectivity index (χ2v) is 6.93. The van der Waals surface area contributed by atoms with E-state index in [-0.39, 0.29) is 11.9 Å². The number of carbonyl (C=O) groups is 1. The maximum atomic E-state index is 12.4. The lowest BCUT2D eigenvalue weighted by atomic mass is 10.2. The average molecular weight is 346 g/mol. The van der Waals surface area contributed by atoms with Crippen LogP contribution in [-0.4, -0.2) is 21.2 Å². The molecular weight excluding hydrogens is 333 g/mol. The van der Waals surface area contributed by atoms with Gasteiger partial charge in [-0.1, -0.05) is 60.2 Å². The van der Waals surface area contributed by atoms with Crippen LogP contribution in [0.2, 0.25) is 10.0 Å². The molecule has 1 aromatic carbocycles. The van der Waals surface area contributed by atoms with Gasteiger partial charge in [0.15, 0.2) is 0 Å². The first-order valence-electron chi connectivity index (χ1n) is 6.16. The molecule has 0 aliphatic carbocycles. The Balaban J connectivity index is 2.38. The van der Waals surface area contributed by atoms with Crippen LogP contribution in [0.3, 0.4) is 0 Å². The fourth-order valence-electron chi connectivity index (χ4n) is 1.82. The predicted octanol–water partition coefficient (Wildman–Crippen LogP) is 4.99. The summed E-state index contributed by atoms with van der Waals surface area (Å²) in [5.74, 6) is -0.0784. The zero-order chi connectivity index (χ0) is 14.9. The van der Waals surface area contributed by atoms with Crippen molar-refractivity contribution in [3.8, 4) is 0 Å². The Bertz CT molecular complexity index is 581. The van der Waals surface area contributed by atoms with Crippen LogP contribution in [0.25, 0.3) is 6.08 Å². The predicted molar refractivity (Wildman–Crippen MR) is 91.2 cm³/mol. The van der Waals surface area contributed by atoms with Gasteiger partial charge in [-0.3, -0.25) is 9.69 Å². The zero-order valence-electron chi connectivity index (χ0n) is 11.0. The standard InChI is InChI=1S/C14H13Cl2NOS2/c1-3-8(2)17-13(18)12(20-14(17)19)7-9-10(15)5-4-6-11(9)16/h4-8H,3H2,1-2H3/b12-7-. The summed E-state index contributed by atoms with van der Waals surface area (Å²) in [7, 11) is 0. The topological polar surface area (TPSA) is 20.3 Å². The van der Waals surface area contributed by atoms with E-state index in [9.17, 15) is 4.79 Å². The number of thioether (sulfide) groups is 1. The number of rotatable bonds is 3. The molecule has 1 aliphatic heterocycles. The average Bonchev–Trinajstić information content (AvgIpc) is 2.68. The van der Waals surface area contributed by atoms with Crippen LogP contribution in [0.5, 0.6) is 0 Å². The highest BCUT2D eigenvalue weighted by Crippen LogP contribution is 2.36. The molecule has 0 bridgehead atoms. The van der Waals surface area contributed by atoms with Gasteiger partial charge < -0.3 is 0 Å². The SMILES string of the molecule is CCC(C)N1C(=O)/C(=C/c2c(Cl)cccc2Cl)SC1=S. The van der Waals surface area contributed by atoms with Gasteiger partial charge in [0.2, 0.25) is 0 Å². The maximum Gasteiger partial charge on any atom is 0.266 e. The molecule has 6 heteroatoms. The highest BCUT2D eigenvalue weighted by atomic mass is 35.5. The van der Waals surface area contributed by atoms with Gasteiger partial charge in [0.25, 0.3) is 5.91 Å². The molecule has 1 unspecified atom stereocenters. The highest BCUT2D eigenvalue weighted by Gasteiger charge is 2.34. The van der Waals surface area contributed by atoms with Crippen molar-refractivity contribution < 1.29 is 4.79 Å². The Labute approximate surface area is 138 Å². The van der Waals surface area contributed by atoms with Crippen molar-refractivity contribution in [3.05, 3.63) is 38.7 Å². The van der Waals surface area contributed by atoms with E-state index < -0.39 is 0 Å². The van der Waals surface area contributed by atoms with Crippen LogP contribution in [0.15, 0.2) is 23.1 Å². The molecule has 2 rings (SSSR count). The van der Waals surface area contributed by atoms with Crippen molar-refractivity contribution in [2.24, 2.45) is 0 Å². The van der Waals surface area contributed by atoms with Gasteiger partial charge in [0.1, 0.15) is 4.32 Å². The maximum absolute atomic E-state index is 12.4. The molecule has 106 valence electrons. The smallest absolute Gasteiger partial charge is 0.266 e. The lowest BCUT2D eigenvalue weighted by Crippen LogP contribution is -2.36. The fraction of sp³-hybridized carbons (Fsp3) is 0.286. The molecule has 0 radical (unpaired) electrons. The minimum Gasteiger partial charge on any atom is -0.290 e. The summed E-state index contributed by atoms with van der Waals surface area (Å²) in [6.07, 6.45) is 2.57. The van der Waals surface area contributed by atoms with Gasteiger partial charge in [0, 0.05) is 21.7 Å². The third kappa shape index (κ3) is 3.03. The summed E-state index contributed by atoms with van der Waals surface area (Å²) >= 11 is 18.8. The van der Waals surface area contributed by atoms with E-state index in [2.05, 4.69) is 0 Å². The third-order valence-corrected chi connectivity index (χ3v) is 5.12. The van der Waals surface area contributed by atoms with E-state index in [1.54, 1.807) is 29.2 Å². The summed E-state index contributed by atoms with van der Waals surface area (Å²) in [5.41, 5.74) is 0.653. The Morgan fingerprint density at radius 2 is 2.00 bits per heavy atom. The molecule has 1 saturated heterocycles. The van der Waals surface area contributed by atoms with Crippen molar-refractivity contribution in [3.63, 3.8) is 0 Å². The Hall–Kier alpha value is -0.550. The lowest BCUT2D eigenvalue weighted by molar-refractivity contribution is -0.123. The van der Waals surface area contributed by atoms with Crippen LogP contribution in [0.4, 0.5) is 0 Å². The van der Waals surface area contributed by atoms with Gasteiger partial charge in [0.05, 0.1) is 4.91 Å². The molecule has 1 amide bonds. The summed E-state index contributed by atoms with van der Waals surface area (Å²) in [4.78, 5) is 14.6. The van der Waals surface area contributed by atoms with E-state index >= 15 is 0 Å². The zero-order valence-corrected chi connectivity index (χ0v) is 14.2. The number of hydrogen-bond acceptors (Lipinski definition) is 3. The molecule has 2 nitrogen and oxygen atoms in total. The van der Waals surface area contributed by atoms with Gasteiger partial charge in [-0.05, 0) is 31.6 Å². The van der Waals surface area contributed by atoms with Crippen LogP contribution in [0.1, 0.15) is 25.8 Å². The van der Waals surface area contributed by atoms with Crippen LogP contribution in [0, 0.1) is 0 Å². The first kappa shape index (κ1) is 15.8. The fourth-order valence-corrected chi connectivity index (χ4v) is 3.77. The number of thiocarbonyl (C=S) groups is 1. The van der Waals surface area contributed by atoms with E-state index in [4.69, 9.17) is 35.4 Å². The molecule has 1 aliphatic rings. The van der Waals surface area contributed by atoms with Gasteiger partial charge in [-0.2, -0.15) is 0 Å². The van der Waals surface area contributed by atoms with Crippen LogP contribution in [-0.2, 0) is 4.79 Å². The van der Waals surface area contributed by atoms with Gasteiger partial charge in [-0.25, -0.2) is 0 Å². The summed E-state index contributed by atoms with van der Waals surface area (Å²) in [6.45, 7) is 4.01. The highest BCUT2D eigenvalue weighted by molar-refractivity contribution is 8.26. The minimum atomic E-state index is -0.0784. The van der Waals surface area contributed by atoms with Crippen molar-refractivity contribution >= 4 is 63.5 Å². The number of nitrogens with zero attached hydrogens (tertiary/aromatic N) is 1. The molecule has 1 aromatic rings. The molecule has 1 heterocycles. The normalized spacial score (nSPS) is 19.0. The van der Waals surface area contributed by atoms with Crippen molar-refractivity contribution in [1.29, 1.82) is 0 Å². The molecule has 20 heavy (non-hydrogen) atoms. The van der Waals surface area contributed by atoms with E-state index in [0.717, 1.165) is 6.42 Å². The monoisotopic (exact) mass is 345 g/mol. The van der Waals surface area contributed by atoms with E-state index in [1.165, 1.54) is 11.8 Å². The Morgan fingerprint density at radius 1 is 1.40 bits per heavy atom. The van der Waals surface area contributed by atoms with Gasteiger partial charge >= 0.3 is 0 Å². The molecule has 0 spiro atoms. The second kappa shape index (κ2) is 6.48.